The maximum atomic E-state index is 13.0. The van der Waals surface area contributed by atoms with Crippen LogP contribution in [0.15, 0.2) is 6.07 Å². The number of alkyl halides is 3. The van der Waals surface area contributed by atoms with Gasteiger partial charge in [-0.1, -0.05) is 0 Å². The van der Waals surface area contributed by atoms with Crippen LogP contribution in [0.25, 0.3) is 0 Å². The molecule has 1 aromatic heterocycles. The maximum absolute atomic E-state index is 13.0. The largest absolute Gasteiger partial charge is 0.433 e. The van der Waals surface area contributed by atoms with Crippen molar-refractivity contribution >= 4 is 11.8 Å². The lowest BCUT2D eigenvalue weighted by Gasteiger charge is -2.22. The third-order valence-electron chi connectivity index (χ3n) is 3.98. The molecular weight excluding hydrogens is 323 g/mol. The summed E-state index contributed by atoms with van der Waals surface area (Å²) in [5, 5.41) is 17.9. The fraction of sp³-hybridized carbons (Fsp3) is 0.733. The van der Waals surface area contributed by atoms with Crippen molar-refractivity contribution in [1.82, 2.24) is 15.3 Å². The molecule has 2 heterocycles. The highest BCUT2D eigenvalue weighted by atomic mass is 19.4. The summed E-state index contributed by atoms with van der Waals surface area (Å²) in [7, 11) is 0. The Balaban J connectivity index is 2.02. The van der Waals surface area contributed by atoms with Crippen molar-refractivity contribution in [3.8, 4) is 0 Å². The van der Waals surface area contributed by atoms with Crippen molar-refractivity contribution in [2.24, 2.45) is 5.92 Å². The third-order valence-corrected chi connectivity index (χ3v) is 3.98. The van der Waals surface area contributed by atoms with Crippen LogP contribution < -0.4 is 16.0 Å². The van der Waals surface area contributed by atoms with Gasteiger partial charge in [0.15, 0.2) is 5.69 Å². The van der Waals surface area contributed by atoms with Crippen LogP contribution in [-0.2, 0) is 6.18 Å². The monoisotopic (exact) mass is 347 g/mol. The fourth-order valence-corrected chi connectivity index (χ4v) is 2.59. The smallest absolute Gasteiger partial charge is 0.394 e. The standard InChI is InChI=1S/C15H24F3N5O/c1-10(9-24)21-14-22-12(15(16,17)18)8-13(23-14)20-7-4-11-2-5-19-6-3-11/h8,10-11,19,24H,2-7,9H2,1H3,(H2,20,21,22,23)/t10-/m1/s1. The van der Waals surface area contributed by atoms with Crippen molar-refractivity contribution < 1.29 is 18.3 Å². The van der Waals surface area contributed by atoms with Gasteiger partial charge in [0.1, 0.15) is 5.82 Å². The van der Waals surface area contributed by atoms with Gasteiger partial charge in [0.25, 0.3) is 0 Å². The normalized spacial score (nSPS) is 17.5. The SMILES string of the molecule is C[C@H](CO)Nc1nc(NCCC2CCNCC2)cc(C(F)(F)F)n1. The predicted molar refractivity (Wildman–Crippen MR) is 85.9 cm³/mol. The number of aromatic nitrogens is 2. The Labute approximate surface area is 139 Å². The lowest BCUT2D eigenvalue weighted by atomic mass is 9.95. The van der Waals surface area contributed by atoms with Crippen LogP contribution in [0, 0.1) is 5.92 Å². The average Bonchev–Trinajstić information content (AvgIpc) is 2.55. The second kappa shape index (κ2) is 8.48. The molecule has 1 aliphatic rings. The van der Waals surface area contributed by atoms with E-state index in [4.69, 9.17) is 5.11 Å². The van der Waals surface area contributed by atoms with Crippen LogP contribution >= 0.6 is 0 Å². The zero-order valence-electron chi connectivity index (χ0n) is 13.7. The van der Waals surface area contributed by atoms with Gasteiger partial charge in [-0.15, -0.1) is 0 Å². The minimum atomic E-state index is -4.55. The summed E-state index contributed by atoms with van der Waals surface area (Å²) in [6.45, 7) is 3.95. The number of rotatable bonds is 7. The van der Waals surface area contributed by atoms with Gasteiger partial charge in [-0.3, -0.25) is 0 Å². The van der Waals surface area contributed by atoms with E-state index in [0.29, 0.717) is 12.5 Å². The van der Waals surface area contributed by atoms with Gasteiger partial charge in [-0.2, -0.15) is 18.2 Å². The third kappa shape index (κ3) is 5.79. The molecule has 9 heteroatoms. The van der Waals surface area contributed by atoms with Crippen molar-refractivity contribution in [3.05, 3.63) is 11.8 Å². The van der Waals surface area contributed by atoms with Crippen molar-refractivity contribution in [1.29, 1.82) is 0 Å². The number of anilines is 2. The summed E-state index contributed by atoms with van der Waals surface area (Å²) in [4.78, 5) is 7.54. The van der Waals surface area contributed by atoms with E-state index < -0.39 is 17.9 Å². The Morgan fingerprint density at radius 1 is 1.33 bits per heavy atom. The Morgan fingerprint density at radius 3 is 2.67 bits per heavy atom. The minimum Gasteiger partial charge on any atom is -0.394 e. The van der Waals surface area contributed by atoms with E-state index in [1.165, 1.54) is 0 Å². The van der Waals surface area contributed by atoms with Gasteiger partial charge in [-0.05, 0) is 45.2 Å². The Bertz CT molecular complexity index is 520. The number of aliphatic hydroxyl groups excluding tert-OH is 1. The molecular formula is C15H24F3N5O. The molecule has 6 nitrogen and oxygen atoms in total. The number of halogens is 3. The highest BCUT2D eigenvalue weighted by Gasteiger charge is 2.33. The topological polar surface area (TPSA) is 82.1 Å². The van der Waals surface area contributed by atoms with E-state index in [9.17, 15) is 13.2 Å². The minimum absolute atomic E-state index is 0.138. The molecule has 0 aromatic carbocycles. The van der Waals surface area contributed by atoms with Crippen LogP contribution in [0.4, 0.5) is 24.9 Å². The maximum Gasteiger partial charge on any atom is 0.433 e. The molecule has 24 heavy (non-hydrogen) atoms. The van der Waals surface area contributed by atoms with Gasteiger partial charge in [-0.25, -0.2) is 4.98 Å². The molecule has 1 fully saturated rings. The zero-order chi connectivity index (χ0) is 17.6. The molecule has 0 amide bonds. The molecule has 0 aliphatic carbocycles. The van der Waals surface area contributed by atoms with E-state index in [-0.39, 0.29) is 18.4 Å². The van der Waals surface area contributed by atoms with Gasteiger partial charge < -0.3 is 21.1 Å². The van der Waals surface area contributed by atoms with Gasteiger partial charge in [0.05, 0.1) is 6.61 Å². The Kier molecular flexibility index (Phi) is 6.61. The molecule has 1 saturated heterocycles. The number of nitrogens with zero attached hydrogens (tertiary/aromatic N) is 2. The second-order valence-corrected chi connectivity index (χ2v) is 6.10. The van der Waals surface area contributed by atoms with Gasteiger partial charge in [0.2, 0.25) is 5.95 Å². The van der Waals surface area contributed by atoms with Crippen LogP contribution in [-0.4, -0.2) is 47.4 Å². The summed E-state index contributed by atoms with van der Waals surface area (Å²) in [5.41, 5.74) is -1.01. The first-order chi connectivity index (χ1) is 11.4. The van der Waals surface area contributed by atoms with Gasteiger partial charge in [0, 0.05) is 18.7 Å². The number of aliphatic hydroxyl groups is 1. The molecule has 1 aromatic rings. The molecule has 2 rings (SSSR count). The molecule has 4 N–H and O–H groups in total. The second-order valence-electron chi connectivity index (χ2n) is 6.10. The van der Waals surface area contributed by atoms with Crippen LogP contribution in [0.2, 0.25) is 0 Å². The van der Waals surface area contributed by atoms with E-state index in [1.54, 1.807) is 6.92 Å². The van der Waals surface area contributed by atoms with E-state index in [1.807, 2.05) is 0 Å². The lowest BCUT2D eigenvalue weighted by molar-refractivity contribution is -0.141. The number of piperidine rings is 1. The Hall–Kier alpha value is -1.61. The van der Waals surface area contributed by atoms with Crippen LogP contribution in [0.5, 0.6) is 0 Å². The number of hydrogen-bond acceptors (Lipinski definition) is 6. The molecule has 0 spiro atoms. The molecule has 136 valence electrons. The average molecular weight is 347 g/mol. The first-order valence-electron chi connectivity index (χ1n) is 8.16. The van der Waals surface area contributed by atoms with E-state index in [0.717, 1.165) is 38.4 Å². The van der Waals surface area contributed by atoms with Crippen molar-refractivity contribution in [3.63, 3.8) is 0 Å². The summed E-state index contributed by atoms with van der Waals surface area (Å²) < 4.78 is 38.9. The van der Waals surface area contributed by atoms with Crippen LogP contribution in [0.3, 0.4) is 0 Å². The summed E-state index contributed by atoms with van der Waals surface area (Å²) >= 11 is 0. The fourth-order valence-electron chi connectivity index (χ4n) is 2.59. The first kappa shape index (κ1) is 18.7. The van der Waals surface area contributed by atoms with Crippen molar-refractivity contribution in [2.75, 3.05) is 36.9 Å². The number of nitrogens with one attached hydrogen (secondary N) is 3. The quantitative estimate of drug-likeness (QED) is 0.605. The summed E-state index contributed by atoms with van der Waals surface area (Å²) in [6, 6.07) is 0.480. The highest BCUT2D eigenvalue weighted by molar-refractivity contribution is 5.43. The molecule has 1 aliphatic heterocycles. The van der Waals surface area contributed by atoms with Crippen LogP contribution in [0.1, 0.15) is 31.9 Å². The van der Waals surface area contributed by atoms with E-state index in [2.05, 4.69) is 25.9 Å². The van der Waals surface area contributed by atoms with Gasteiger partial charge >= 0.3 is 6.18 Å². The molecule has 0 radical (unpaired) electrons. The Morgan fingerprint density at radius 2 is 2.04 bits per heavy atom. The molecule has 1 atom stereocenters. The zero-order valence-corrected chi connectivity index (χ0v) is 13.7. The highest BCUT2D eigenvalue weighted by Crippen LogP contribution is 2.29. The molecule has 0 unspecified atom stereocenters. The van der Waals surface area contributed by atoms with Crippen molar-refractivity contribution in [2.45, 2.75) is 38.4 Å². The molecule has 0 bridgehead atoms. The predicted octanol–water partition coefficient (Wildman–Crippen LogP) is 2.09. The summed E-state index contributed by atoms with van der Waals surface area (Å²) in [5.74, 6) is 0.573. The van der Waals surface area contributed by atoms with E-state index >= 15 is 0 Å². The lowest BCUT2D eigenvalue weighted by Crippen LogP contribution is -2.28. The summed E-state index contributed by atoms with van der Waals surface area (Å²) in [6.07, 6.45) is -1.49. The first-order valence-corrected chi connectivity index (χ1v) is 8.16. The number of hydrogen-bond donors (Lipinski definition) is 4. The molecule has 0 saturated carbocycles.